The average Bonchev–Trinajstić information content (AvgIpc) is 2.95. The standard InChI is InChI=1S/C16H12ClFN2S.BrH/c1-19-16-20(12-5-3-2-4-6-12)15(10-21-16)11-7-8-14(18)13(17)9-11;/h2-10H,1H3;1H/p-1. The van der Waals surface area contributed by atoms with E-state index in [0.29, 0.717) is 0 Å². The van der Waals surface area contributed by atoms with Crippen molar-refractivity contribution in [2.45, 2.75) is 0 Å². The quantitative estimate of drug-likeness (QED) is 0.623. The molecule has 2 nitrogen and oxygen atoms in total. The number of benzene rings is 2. The van der Waals surface area contributed by atoms with Crippen LogP contribution in [0.15, 0.2) is 58.9 Å². The van der Waals surface area contributed by atoms with Gasteiger partial charge in [0.15, 0.2) is 4.80 Å². The van der Waals surface area contributed by atoms with Gasteiger partial charge in [-0.3, -0.25) is 9.56 Å². The number of aromatic nitrogens is 1. The van der Waals surface area contributed by atoms with Crippen LogP contribution in [0.2, 0.25) is 5.02 Å². The minimum Gasteiger partial charge on any atom is -1.00 e. The largest absolute Gasteiger partial charge is 1.00 e. The molecule has 1 heterocycles. The summed E-state index contributed by atoms with van der Waals surface area (Å²) >= 11 is 7.43. The second-order valence-electron chi connectivity index (χ2n) is 4.43. The van der Waals surface area contributed by atoms with Gasteiger partial charge in [-0.05, 0) is 30.3 Å². The zero-order chi connectivity index (χ0) is 14.8. The van der Waals surface area contributed by atoms with Crippen molar-refractivity contribution in [3.8, 4) is 16.9 Å². The van der Waals surface area contributed by atoms with Gasteiger partial charge in [-0.25, -0.2) is 4.39 Å². The lowest BCUT2D eigenvalue weighted by Gasteiger charge is -2.09. The molecule has 0 fully saturated rings. The fraction of sp³-hybridized carbons (Fsp3) is 0.0625. The maximum atomic E-state index is 13.4. The summed E-state index contributed by atoms with van der Waals surface area (Å²) in [7, 11) is 1.76. The van der Waals surface area contributed by atoms with E-state index >= 15 is 0 Å². The summed E-state index contributed by atoms with van der Waals surface area (Å²) in [6.45, 7) is 0. The SMILES string of the molecule is CN=c1scc(-c2ccc(F)c(Cl)c2)n1-c1ccccc1.[Br-]. The summed E-state index contributed by atoms with van der Waals surface area (Å²) in [5, 5.41) is 2.12. The van der Waals surface area contributed by atoms with Gasteiger partial charge in [0.05, 0.1) is 10.7 Å². The normalized spacial score (nSPS) is 11.3. The molecule has 0 N–H and O–H groups in total. The van der Waals surface area contributed by atoms with Crippen molar-refractivity contribution in [1.29, 1.82) is 0 Å². The van der Waals surface area contributed by atoms with E-state index in [2.05, 4.69) is 4.99 Å². The molecule has 0 amide bonds. The Hall–Kier alpha value is -1.43. The fourth-order valence-electron chi connectivity index (χ4n) is 2.15. The molecule has 3 rings (SSSR count). The first kappa shape index (κ1) is 16.9. The van der Waals surface area contributed by atoms with Crippen LogP contribution in [0.25, 0.3) is 16.9 Å². The Morgan fingerprint density at radius 3 is 2.50 bits per heavy atom. The van der Waals surface area contributed by atoms with Crippen LogP contribution in [0.4, 0.5) is 4.39 Å². The Labute approximate surface area is 147 Å². The Kier molecular flexibility index (Phi) is 5.56. The van der Waals surface area contributed by atoms with E-state index in [0.717, 1.165) is 21.7 Å². The molecule has 114 valence electrons. The molecular formula is C16H12BrClFN2S-. The van der Waals surface area contributed by atoms with Crippen LogP contribution >= 0.6 is 22.9 Å². The third-order valence-electron chi connectivity index (χ3n) is 3.13. The van der Waals surface area contributed by atoms with E-state index in [-0.39, 0.29) is 22.0 Å². The Morgan fingerprint density at radius 1 is 1.14 bits per heavy atom. The summed E-state index contributed by atoms with van der Waals surface area (Å²) in [6.07, 6.45) is 0. The number of rotatable bonds is 2. The highest BCUT2D eigenvalue weighted by Gasteiger charge is 2.11. The molecule has 0 spiro atoms. The van der Waals surface area contributed by atoms with Gasteiger partial charge in [-0.1, -0.05) is 29.8 Å². The van der Waals surface area contributed by atoms with E-state index in [9.17, 15) is 4.39 Å². The smallest absolute Gasteiger partial charge is 0.189 e. The second-order valence-corrected chi connectivity index (χ2v) is 5.67. The second kappa shape index (κ2) is 7.22. The van der Waals surface area contributed by atoms with Crippen molar-refractivity contribution in [2.75, 3.05) is 7.05 Å². The van der Waals surface area contributed by atoms with E-state index in [1.165, 1.54) is 17.4 Å². The lowest BCUT2D eigenvalue weighted by molar-refractivity contribution is -0.00000465. The number of hydrogen-bond acceptors (Lipinski definition) is 2. The molecule has 22 heavy (non-hydrogen) atoms. The van der Waals surface area contributed by atoms with Gasteiger partial charge in [0, 0.05) is 23.7 Å². The first-order valence-corrected chi connectivity index (χ1v) is 7.60. The first-order chi connectivity index (χ1) is 10.2. The predicted molar refractivity (Wildman–Crippen MR) is 85.5 cm³/mol. The lowest BCUT2D eigenvalue weighted by Crippen LogP contribution is -3.00. The fourth-order valence-corrected chi connectivity index (χ4v) is 3.20. The van der Waals surface area contributed by atoms with E-state index in [4.69, 9.17) is 11.6 Å². The molecule has 6 heteroatoms. The Morgan fingerprint density at radius 2 is 1.86 bits per heavy atom. The maximum Gasteiger partial charge on any atom is 0.189 e. The highest BCUT2D eigenvalue weighted by atomic mass is 79.9. The Balaban J connectivity index is 0.00000176. The van der Waals surface area contributed by atoms with Crippen LogP contribution in [0.3, 0.4) is 0 Å². The molecule has 0 unspecified atom stereocenters. The number of para-hydroxylation sites is 1. The van der Waals surface area contributed by atoms with E-state index in [1.807, 2.05) is 40.3 Å². The van der Waals surface area contributed by atoms with E-state index < -0.39 is 5.82 Å². The van der Waals surface area contributed by atoms with Crippen LogP contribution in [-0.4, -0.2) is 11.6 Å². The first-order valence-electron chi connectivity index (χ1n) is 6.35. The molecule has 0 aliphatic rings. The van der Waals surface area contributed by atoms with Crippen LogP contribution in [-0.2, 0) is 0 Å². The van der Waals surface area contributed by atoms with Gasteiger partial charge in [0.1, 0.15) is 5.82 Å². The maximum absolute atomic E-state index is 13.4. The molecule has 0 aliphatic carbocycles. The number of nitrogens with zero attached hydrogens (tertiary/aromatic N) is 2. The van der Waals surface area contributed by atoms with Crippen molar-refractivity contribution in [2.24, 2.45) is 4.99 Å². The van der Waals surface area contributed by atoms with Crippen molar-refractivity contribution < 1.29 is 21.4 Å². The minimum atomic E-state index is -0.415. The number of hydrogen-bond donors (Lipinski definition) is 0. The van der Waals surface area contributed by atoms with Gasteiger partial charge >= 0.3 is 0 Å². The van der Waals surface area contributed by atoms with Crippen molar-refractivity contribution in [1.82, 2.24) is 4.57 Å². The topological polar surface area (TPSA) is 17.3 Å². The molecule has 3 aromatic rings. The molecular weight excluding hydrogens is 387 g/mol. The zero-order valence-electron chi connectivity index (χ0n) is 11.6. The zero-order valence-corrected chi connectivity index (χ0v) is 14.8. The van der Waals surface area contributed by atoms with Gasteiger partial charge in [0.2, 0.25) is 0 Å². The molecule has 0 radical (unpaired) electrons. The number of halogens is 3. The van der Waals surface area contributed by atoms with E-state index in [1.54, 1.807) is 19.2 Å². The van der Waals surface area contributed by atoms with Crippen LogP contribution in [0.5, 0.6) is 0 Å². The molecule has 0 saturated carbocycles. The van der Waals surface area contributed by atoms with Crippen LogP contribution in [0.1, 0.15) is 0 Å². The summed E-state index contributed by atoms with van der Waals surface area (Å²) in [5.74, 6) is -0.415. The molecule has 2 aromatic carbocycles. The highest BCUT2D eigenvalue weighted by molar-refractivity contribution is 7.07. The molecule has 0 aliphatic heterocycles. The Bertz CT molecular complexity index is 843. The highest BCUT2D eigenvalue weighted by Crippen LogP contribution is 2.27. The van der Waals surface area contributed by atoms with Crippen LogP contribution in [0, 0.1) is 5.82 Å². The summed E-state index contributed by atoms with van der Waals surface area (Å²) < 4.78 is 15.4. The van der Waals surface area contributed by atoms with Gasteiger partial charge < -0.3 is 17.0 Å². The average molecular weight is 399 g/mol. The molecule has 0 atom stereocenters. The molecule has 0 saturated heterocycles. The molecule has 0 bridgehead atoms. The van der Waals surface area contributed by atoms with Crippen molar-refractivity contribution >= 4 is 22.9 Å². The lowest BCUT2D eigenvalue weighted by atomic mass is 10.1. The summed E-state index contributed by atoms with van der Waals surface area (Å²) in [4.78, 5) is 5.18. The monoisotopic (exact) mass is 397 g/mol. The third-order valence-corrected chi connectivity index (χ3v) is 4.34. The minimum absolute atomic E-state index is 0. The molecule has 1 aromatic heterocycles. The van der Waals surface area contributed by atoms with Gasteiger partial charge in [-0.2, -0.15) is 0 Å². The van der Waals surface area contributed by atoms with Crippen molar-refractivity contribution in [3.63, 3.8) is 0 Å². The number of thiazole rings is 1. The van der Waals surface area contributed by atoms with Crippen molar-refractivity contribution in [3.05, 3.63) is 69.6 Å². The summed E-state index contributed by atoms with van der Waals surface area (Å²) in [6, 6.07) is 14.7. The van der Waals surface area contributed by atoms with Gasteiger partial charge in [0.25, 0.3) is 0 Å². The van der Waals surface area contributed by atoms with Crippen LogP contribution < -0.4 is 21.8 Å². The van der Waals surface area contributed by atoms with Gasteiger partial charge in [-0.15, -0.1) is 11.3 Å². The predicted octanol–water partition coefficient (Wildman–Crippen LogP) is 1.53. The summed E-state index contributed by atoms with van der Waals surface area (Å²) in [5.41, 5.74) is 2.81. The third kappa shape index (κ3) is 3.16.